The normalized spacial score (nSPS) is 12.4. The molecule has 7 heteroatoms. The van der Waals surface area contributed by atoms with Gasteiger partial charge in [0.2, 0.25) is 16.4 Å². The minimum atomic E-state index is -3.61. The van der Waals surface area contributed by atoms with Crippen molar-refractivity contribution in [2.24, 2.45) is 0 Å². The van der Waals surface area contributed by atoms with Gasteiger partial charge >= 0.3 is 0 Å². The lowest BCUT2D eigenvalue weighted by molar-refractivity contribution is -0.110. The van der Waals surface area contributed by atoms with E-state index < -0.39 is 16.1 Å². The van der Waals surface area contributed by atoms with Crippen LogP contribution in [0.1, 0.15) is 12.0 Å². The molecule has 2 rings (SSSR count). The maximum Gasteiger partial charge on any atom is 0.234 e. The lowest BCUT2D eigenvalue weighted by Gasteiger charge is -2.17. The first-order chi connectivity index (χ1) is 11.5. The Hall–Kier alpha value is -2.05. The van der Waals surface area contributed by atoms with E-state index in [0.717, 1.165) is 5.56 Å². The summed E-state index contributed by atoms with van der Waals surface area (Å²) in [6, 6.07) is 15.7. The number of hydrogen-bond acceptors (Lipinski definition) is 3. The highest BCUT2D eigenvalue weighted by molar-refractivity contribution is 7.92. The molecule has 0 aromatic heterocycles. The number of halogens is 1. The van der Waals surface area contributed by atoms with Gasteiger partial charge in [-0.05, 0) is 36.6 Å². The van der Waals surface area contributed by atoms with E-state index >= 15 is 0 Å². The maximum atomic E-state index is 12.3. The molecule has 128 valence electrons. The summed E-state index contributed by atoms with van der Waals surface area (Å²) >= 11 is 5.85. The van der Waals surface area contributed by atoms with Gasteiger partial charge in [0.25, 0.3) is 0 Å². The Kier molecular flexibility index (Phi) is 6.63. The van der Waals surface area contributed by atoms with Crippen LogP contribution in [0.2, 0.25) is 5.02 Å². The van der Waals surface area contributed by atoms with E-state index in [4.69, 9.17) is 11.6 Å². The van der Waals surface area contributed by atoms with Gasteiger partial charge < -0.3 is 5.32 Å². The van der Waals surface area contributed by atoms with Crippen molar-refractivity contribution in [2.75, 3.05) is 10.5 Å². The average molecular weight is 367 g/mol. The molecule has 0 aliphatic rings. The Morgan fingerprint density at radius 2 is 1.83 bits per heavy atom. The second kappa shape index (κ2) is 8.70. The molecule has 24 heavy (non-hydrogen) atoms. The summed E-state index contributed by atoms with van der Waals surface area (Å²) in [5, 5.41) is 3.03. The van der Waals surface area contributed by atoms with Crippen LogP contribution in [0.4, 0.5) is 5.69 Å². The molecule has 0 aliphatic carbocycles. The summed E-state index contributed by atoms with van der Waals surface area (Å²) in [5.41, 5.74) is 1.49. The Bertz CT molecular complexity index is 766. The lowest BCUT2D eigenvalue weighted by Crippen LogP contribution is -2.37. The van der Waals surface area contributed by atoms with Crippen LogP contribution in [0.15, 0.2) is 54.6 Å². The molecular weight excluding hydrogens is 348 g/mol. The van der Waals surface area contributed by atoms with Gasteiger partial charge in [0, 0.05) is 16.8 Å². The van der Waals surface area contributed by atoms with Crippen LogP contribution in [-0.4, -0.2) is 26.6 Å². The highest BCUT2D eigenvalue weighted by atomic mass is 35.5. The Balaban J connectivity index is 1.98. The zero-order valence-electron chi connectivity index (χ0n) is 13.0. The Labute approximate surface area is 147 Å². The summed E-state index contributed by atoms with van der Waals surface area (Å²) in [7, 11) is -3.61. The molecule has 0 saturated heterocycles. The fourth-order valence-electron chi connectivity index (χ4n) is 2.33. The Morgan fingerprint density at radius 1 is 1.08 bits per heavy atom. The molecule has 0 radical (unpaired) electrons. The number of nitrogens with one attached hydrogen (secondary N) is 2. The van der Waals surface area contributed by atoms with Crippen molar-refractivity contribution in [3.05, 3.63) is 65.2 Å². The monoisotopic (exact) mass is 366 g/mol. The molecule has 0 spiro atoms. The van der Waals surface area contributed by atoms with Gasteiger partial charge in [-0.15, -0.1) is 0 Å². The molecule has 0 bridgehead atoms. The number of rotatable bonds is 9. The van der Waals surface area contributed by atoms with E-state index in [1.165, 1.54) is 6.07 Å². The minimum absolute atomic E-state index is 0.203. The maximum absolute atomic E-state index is 12.3. The summed E-state index contributed by atoms with van der Waals surface area (Å²) in [4.78, 5) is 10.8. The predicted octanol–water partition coefficient (Wildman–Crippen LogP) is 2.83. The molecule has 0 unspecified atom stereocenters. The number of hydrogen-bond donors (Lipinski definition) is 2. The third-order valence-corrected chi connectivity index (χ3v) is 5.07. The summed E-state index contributed by atoms with van der Waals surface area (Å²) in [6.45, 7) is 0. The number of carbonyl (C=O) groups excluding carboxylic acids is 1. The van der Waals surface area contributed by atoms with Crippen molar-refractivity contribution >= 4 is 33.7 Å². The van der Waals surface area contributed by atoms with Gasteiger partial charge in [-0.1, -0.05) is 48.0 Å². The first kappa shape index (κ1) is 18.3. The van der Waals surface area contributed by atoms with Crippen LogP contribution >= 0.6 is 11.6 Å². The van der Waals surface area contributed by atoms with E-state index in [1.54, 1.807) is 18.2 Å². The van der Waals surface area contributed by atoms with Crippen LogP contribution in [-0.2, 0) is 21.2 Å². The van der Waals surface area contributed by atoms with E-state index in [-0.39, 0.29) is 5.75 Å². The zero-order chi connectivity index (χ0) is 17.4. The molecule has 1 atom stereocenters. The summed E-state index contributed by atoms with van der Waals surface area (Å²) < 4.78 is 27.1. The number of sulfonamides is 1. The summed E-state index contributed by atoms with van der Waals surface area (Å²) in [6.07, 6.45) is 1.74. The third kappa shape index (κ3) is 6.22. The van der Waals surface area contributed by atoms with Crippen molar-refractivity contribution in [1.82, 2.24) is 5.32 Å². The molecule has 0 heterocycles. The molecule has 0 aliphatic heterocycles. The second-order valence-corrected chi connectivity index (χ2v) is 7.60. The molecular formula is C17H19ClN2O3S. The number of anilines is 1. The third-order valence-electron chi connectivity index (χ3n) is 3.45. The molecule has 2 aromatic carbocycles. The number of aryl methyl sites for hydroxylation is 1. The standard InChI is InChI=1S/C17H19ClN2O3S/c18-15-7-4-8-16(11-15)20-24(22,23)12-17(19-13-21)10-9-14-5-2-1-3-6-14/h1-8,11,13,17,20H,9-10,12H2,(H,19,21)/t17-/m0/s1. The quantitative estimate of drug-likeness (QED) is 0.670. The second-order valence-electron chi connectivity index (χ2n) is 5.40. The summed E-state index contributed by atoms with van der Waals surface area (Å²) in [5.74, 6) is -0.203. The minimum Gasteiger partial charge on any atom is -0.355 e. The van der Waals surface area contributed by atoms with Crippen LogP contribution in [0.3, 0.4) is 0 Å². The van der Waals surface area contributed by atoms with Crippen molar-refractivity contribution in [1.29, 1.82) is 0 Å². The molecule has 1 amide bonds. The molecule has 0 saturated carbocycles. The van der Waals surface area contributed by atoms with Gasteiger partial charge in [-0.2, -0.15) is 0 Å². The van der Waals surface area contributed by atoms with Gasteiger partial charge in [-0.3, -0.25) is 9.52 Å². The average Bonchev–Trinajstić information content (AvgIpc) is 2.53. The fourth-order valence-corrected chi connectivity index (χ4v) is 3.89. The van der Waals surface area contributed by atoms with Gasteiger partial charge in [-0.25, -0.2) is 8.42 Å². The zero-order valence-corrected chi connectivity index (χ0v) is 14.6. The lowest BCUT2D eigenvalue weighted by atomic mass is 10.1. The van der Waals surface area contributed by atoms with Crippen molar-refractivity contribution < 1.29 is 13.2 Å². The number of carbonyl (C=O) groups is 1. The van der Waals surface area contributed by atoms with E-state index in [1.807, 2.05) is 30.3 Å². The van der Waals surface area contributed by atoms with Gasteiger partial charge in [0.1, 0.15) is 0 Å². The number of benzene rings is 2. The van der Waals surface area contributed by atoms with Gasteiger partial charge in [0.05, 0.1) is 5.75 Å². The molecule has 2 N–H and O–H groups in total. The van der Waals surface area contributed by atoms with E-state index in [2.05, 4.69) is 10.0 Å². The Morgan fingerprint density at radius 3 is 2.50 bits per heavy atom. The number of amides is 1. The van der Waals surface area contributed by atoms with E-state index in [0.29, 0.717) is 30.0 Å². The topological polar surface area (TPSA) is 75.3 Å². The molecule has 0 fully saturated rings. The SMILES string of the molecule is O=CN[C@@H](CCc1ccccc1)CS(=O)(=O)Nc1cccc(Cl)c1. The predicted molar refractivity (Wildman–Crippen MR) is 96.6 cm³/mol. The van der Waals surface area contributed by atoms with E-state index in [9.17, 15) is 13.2 Å². The van der Waals surface area contributed by atoms with Crippen molar-refractivity contribution in [2.45, 2.75) is 18.9 Å². The molecule has 5 nitrogen and oxygen atoms in total. The first-order valence-electron chi connectivity index (χ1n) is 7.48. The first-order valence-corrected chi connectivity index (χ1v) is 9.51. The van der Waals surface area contributed by atoms with Crippen molar-refractivity contribution in [3.63, 3.8) is 0 Å². The smallest absolute Gasteiger partial charge is 0.234 e. The van der Waals surface area contributed by atoms with Crippen LogP contribution < -0.4 is 10.0 Å². The fraction of sp³-hybridized carbons (Fsp3) is 0.235. The van der Waals surface area contributed by atoms with Gasteiger partial charge in [0.15, 0.2) is 0 Å². The highest BCUT2D eigenvalue weighted by Crippen LogP contribution is 2.17. The van der Waals surface area contributed by atoms with Crippen LogP contribution in [0, 0.1) is 0 Å². The molecule has 2 aromatic rings. The highest BCUT2D eigenvalue weighted by Gasteiger charge is 2.19. The van der Waals surface area contributed by atoms with Crippen LogP contribution in [0.25, 0.3) is 0 Å². The van der Waals surface area contributed by atoms with Crippen LogP contribution in [0.5, 0.6) is 0 Å². The van der Waals surface area contributed by atoms with Crippen molar-refractivity contribution in [3.8, 4) is 0 Å². The largest absolute Gasteiger partial charge is 0.355 e.